The van der Waals surface area contributed by atoms with Crippen LogP contribution in [0.2, 0.25) is 0 Å². The molecule has 0 unspecified atom stereocenters. The van der Waals surface area contributed by atoms with E-state index in [2.05, 4.69) is 24.8 Å². The van der Waals surface area contributed by atoms with Crippen LogP contribution in [0.1, 0.15) is 18.1 Å². The van der Waals surface area contributed by atoms with Crippen molar-refractivity contribution >= 4 is 6.08 Å². The second-order valence-corrected chi connectivity index (χ2v) is 2.46. The smallest absolute Gasteiger partial charge is 0.0128 e. The van der Waals surface area contributed by atoms with E-state index in [0.717, 1.165) is 0 Å². The molecule has 0 heterocycles. The van der Waals surface area contributed by atoms with Gasteiger partial charge in [-0.15, -0.1) is 5.73 Å². The van der Waals surface area contributed by atoms with E-state index in [1.807, 2.05) is 31.2 Å². The highest BCUT2D eigenvalue weighted by Gasteiger charge is 1.88. The van der Waals surface area contributed by atoms with E-state index in [1.165, 1.54) is 11.1 Å². The predicted octanol–water partition coefficient (Wildman–Crippen LogP) is 3.18. The Morgan fingerprint density at radius 2 is 2.00 bits per heavy atom. The largest absolute Gasteiger partial charge is 0.125 e. The van der Waals surface area contributed by atoms with Gasteiger partial charge in [0.05, 0.1) is 0 Å². The van der Waals surface area contributed by atoms with E-state index in [9.17, 15) is 0 Å². The molecule has 0 saturated heterocycles. The molecule has 0 fully saturated rings. The summed E-state index contributed by atoms with van der Waals surface area (Å²) < 4.78 is 0. The zero-order valence-corrected chi connectivity index (χ0v) is 6.96. The number of benzene rings is 1. The van der Waals surface area contributed by atoms with E-state index < -0.39 is 0 Å². The molecule has 0 aliphatic heterocycles. The van der Waals surface area contributed by atoms with Crippen LogP contribution >= 0.6 is 0 Å². The summed E-state index contributed by atoms with van der Waals surface area (Å²) >= 11 is 0. The van der Waals surface area contributed by atoms with Gasteiger partial charge in [-0.3, -0.25) is 0 Å². The maximum Gasteiger partial charge on any atom is -0.0128 e. The summed E-state index contributed by atoms with van der Waals surface area (Å²) in [4.78, 5) is 0. The molecule has 0 saturated carbocycles. The summed E-state index contributed by atoms with van der Waals surface area (Å²) in [6, 6.07) is 8.27. The molecule has 0 aliphatic rings. The molecule has 1 aromatic rings. The van der Waals surface area contributed by atoms with E-state index in [4.69, 9.17) is 0 Å². The average molecular weight is 144 g/mol. The number of aryl methyl sites for hydroxylation is 1. The lowest BCUT2D eigenvalue weighted by Crippen LogP contribution is -1.76. The molecule has 0 N–H and O–H groups in total. The van der Waals surface area contributed by atoms with Crippen molar-refractivity contribution in [3.8, 4) is 0 Å². The molecule has 0 aromatic heterocycles. The van der Waals surface area contributed by atoms with E-state index in [-0.39, 0.29) is 0 Å². The minimum Gasteiger partial charge on any atom is -0.125 e. The van der Waals surface area contributed by atoms with Gasteiger partial charge in [0.25, 0.3) is 0 Å². The lowest BCUT2D eigenvalue weighted by atomic mass is 10.1. The van der Waals surface area contributed by atoms with Gasteiger partial charge < -0.3 is 0 Å². The molecule has 0 bridgehead atoms. The molecule has 0 aliphatic carbocycles. The molecule has 0 nitrogen and oxygen atoms in total. The minimum absolute atomic E-state index is 1.24. The SMILES string of the molecule is CC=C=Cc1ccccc1C. The molecule has 0 amide bonds. The standard InChI is InChI=1S/C11H12/c1-3-4-8-11-9-6-5-7-10(11)2/h3,5-9H,1-2H3. The Morgan fingerprint density at radius 3 is 2.64 bits per heavy atom. The van der Waals surface area contributed by atoms with Gasteiger partial charge in [-0.1, -0.05) is 24.3 Å². The molecule has 1 aromatic carbocycles. The fourth-order valence-electron chi connectivity index (χ4n) is 0.922. The lowest BCUT2D eigenvalue weighted by molar-refractivity contribution is 1.44. The molecule has 11 heavy (non-hydrogen) atoms. The van der Waals surface area contributed by atoms with Crippen LogP contribution < -0.4 is 0 Å². The van der Waals surface area contributed by atoms with Gasteiger partial charge in [0, 0.05) is 0 Å². The van der Waals surface area contributed by atoms with Crippen molar-refractivity contribution in [2.75, 3.05) is 0 Å². The zero-order valence-electron chi connectivity index (χ0n) is 6.96. The minimum atomic E-state index is 1.24. The lowest BCUT2D eigenvalue weighted by Gasteiger charge is -1.95. The van der Waals surface area contributed by atoms with Crippen molar-refractivity contribution in [1.29, 1.82) is 0 Å². The first-order chi connectivity index (χ1) is 5.34. The van der Waals surface area contributed by atoms with Gasteiger partial charge in [-0.2, -0.15) is 0 Å². The van der Waals surface area contributed by atoms with Crippen LogP contribution in [0.15, 0.2) is 36.1 Å². The maximum absolute atomic E-state index is 3.06. The fraction of sp³-hybridized carbons (Fsp3) is 0.182. The molecular formula is C11H12. The molecule has 1 rings (SSSR count). The summed E-state index contributed by atoms with van der Waals surface area (Å²) in [7, 11) is 0. The summed E-state index contributed by atoms with van der Waals surface area (Å²) in [5.74, 6) is 0. The highest BCUT2D eigenvalue weighted by Crippen LogP contribution is 2.07. The Bertz CT molecular complexity index is 289. The Labute approximate surface area is 67.9 Å². The fourth-order valence-corrected chi connectivity index (χ4v) is 0.922. The van der Waals surface area contributed by atoms with E-state index in [1.54, 1.807) is 0 Å². The van der Waals surface area contributed by atoms with Crippen molar-refractivity contribution in [2.45, 2.75) is 13.8 Å². The van der Waals surface area contributed by atoms with Crippen LogP contribution in [0.3, 0.4) is 0 Å². The number of allylic oxidation sites excluding steroid dienone is 1. The molecule has 0 heteroatoms. The van der Waals surface area contributed by atoms with Gasteiger partial charge in [0.2, 0.25) is 0 Å². The van der Waals surface area contributed by atoms with Gasteiger partial charge in [0.1, 0.15) is 0 Å². The average Bonchev–Trinajstić information content (AvgIpc) is 2.03. The van der Waals surface area contributed by atoms with Crippen LogP contribution in [0, 0.1) is 6.92 Å². The molecule has 0 radical (unpaired) electrons. The summed E-state index contributed by atoms with van der Waals surface area (Å²) in [5.41, 5.74) is 5.59. The maximum atomic E-state index is 3.06. The van der Waals surface area contributed by atoms with E-state index in [0.29, 0.717) is 0 Å². The first-order valence-electron chi connectivity index (χ1n) is 3.77. The number of hydrogen-bond donors (Lipinski definition) is 0. The van der Waals surface area contributed by atoms with Gasteiger partial charge in [0.15, 0.2) is 0 Å². The monoisotopic (exact) mass is 144 g/mol. The first kappa shape index (κ1) is 7.84. The molecular weight excluding hydrogens is 132 g/mol. The Balaban J connectivity index is 3.04. The second kappa shape index (κ2) is 3.80. The third-order valence-electron chi connectivity index (χ3n) is 1.59. The number of hydrogen-bond acceptors (Lipinski definition) is 0. The summed E-state index contributed by atoms with van der Waals surface area (Å²) in [6.07, 6.45) is 3.90. The molecule has 0 atom stereocenters. The van der Waals surface area contributed by atoms with Crippen molar-refractivity contribution in [2.24, 2.45) is 0 Å². The molecule has 56 valence electrons. The normalized spacial score (nSPS) is 8.55. The first-order valence-corrected chi connectivity index (χ1v) is 3.77. The Morgan fingerprint density at radius 1 is 1.27 bits per heavy atom. The van der Waals surface area contributed by atoms with Crippen LogP contribution in [0.25, 0.3) is 6.08 Å². The third-order valence-corrected chi connectivity index (χ3v) is 1.59. The van der Waals surface area contributed by atoms with Gasteiger partial charge in [-0.05, 0) is 37.1 Å². The predicted molar refractivity (Wildman–Crippen MR) is 49.4 cm³/mol. The number of rotatable bonds is 1. The van der Waals surface area contributed by atoms with Crippen LogP contribution in [-0.4, -0.2) is 0 Å². The van der Waals surface area contributed by atoms with Gasteiger partial charge in [-0.25, -0.2) is 0 Å². The van der Waals surface area contributed by atoms with E-state index >= 15 is 0 Å². The topological polar surface area (TPSA) is 0 Å². The van der Waals surface area contributed by atoms with Crippen LogP contribution in [0.5, 0.6) is 0 Å². The Kier molecular flexibility index (Phi) is 2.71. The van der Waals surface area contributed by atoms with Crippen molar-refractivity contribution < 1.29 is 0 Å². The highest BCUT2D eigenvalue weighted by molar-refractivity contribution is 5.52. The van der Waals surface area contributed by atoms with Crippen LogP contribution in [0.4, 0.5) is 0 Å². The quantitative estimate of drug-likeness (QED) is 0.531. The third kappa shape index (κ3) is 2.10. The second-order valence-electron chi connectivity index (χ2n) is 2.46. The van der Waals surface area contributed by atoms with Gasteiger partial charge >= 0.3 is 0 Å². The Hall–Kier alpha value is -1.26. The summed E-state index contributed by atoms with van der Waals surface area (Å²) in [5, 5.41) is 0. The highest BCUT2D eigenvalue weighted by atomic mass is 13.9. The molecule has 0 spiro atoms. The van der Waals surface area contributed by atoms with Crippen LogP contribution in [-0.2, 0) is 0 Å². The summed E-state index contributed by atoms with van der Waals surface area (Å²) in [6.45, 7) is 4.07. The van der Waals surface area contributed by atoms with Crippen molar-refractivity contribution in [1.82, 2.24) is 0 Å². The van der Waals surface area contributed by atoms with Crippen molar-refractivity contribution in [3.63, 3.8) is 0 Å². The zero-order chi connectivity index (χ0) is 8.10. The van der Waals surface area contributed by atoms with Crippen molar-refractivity contribution in [3.05, 3.63) is 47.2 Å².